The number of phenolic OH excluding ortho intramolecular Hbond substituents is 1. The number of ketones is 1. The van der Waals surface area contributed by atoms with Crippen LogP contribution in [0.3, 0.4) is 0 Å². The monoisotopic (exact) mass is 471 g/mol. The van der Waals surface area contributed by atoms with Gasteiger partial charge in [-0.05, 0) is 48.1 Å². The maximum atomic E-state index is 13.7. The van der Waals surface area contributed by atoms with E-state index in [-0.39, 0.29) is 53.1 Å². The number of fused-ring (bicyclic) bond motifs is 1. The van der Waals surface area contributed by atoms with Crippen molar-refractivity contribution >= 4 is 34.9 Å². The Hall–Kier alpha value is -2.50. The number of nitrogens with zero attached hydrogens (tertiary/aromatic N) is 1. The standard InChI is InChI=1S/C25H23Cl2NO4/c1-13-9-20-17(11-19(13)27)23(30)21-22(14-6-4-7-16(29)10-14)28(25(31)24(21)32-20)12-15-5-2-3-8-18(15)26/h2-8,10,13,17,19-20,22,29H,9,11-12H2,1H3. The second kappa shape index (κ2) is 8.13. The molecule has 0 radical (unpaired) electrons. The van der Waals surface area contributed by atoms with Gasteiger partial charge >= 0.3 is 0 Å². The van der Waals surface area contributed by atoms with E-state index in [9.17, 15) is 14.7 Å². The molecule has 7 heteroatoms. The molecule has 2 aliphatic heterocycles. The fourth-order valence-corrected chi connectivity index (χ4v) is 5.57. The molecule has 0 bridgehead atoms. The van der Waals surface area contributed by atoms with E-state index in [4.69, 9.17) is 27.9 Å². The minimum Gasteiger partial charge on any atom is -0.508 e. The lowest BCUT2D eigenvalue weighted by Crippen LogP contribution is -2.44. The first kappa shape index (κ1) is 21.4. The number of ether oxygens (including phenoxy) is 1. The molecule has 1 fully saturated rings. The van der Waals surface area contributed by atoms with Gasteiger partial charge in [-0.25, -0.2) is 0 Å². The van der Waals surface area contributed by atoms with Crippen LogP contribution in [0, 0.1) is 11.8 Å². The third-order valence-corrected chi connectivity index (χ3v) is 7.77. The van der Waals surface area contributed by atoms with Crippen LogP contribution in [-0.4, -0.2) is 33.2 Å². The van der Waals surface area contributed by atoms with Gasteiger partial charge in [0.1, 0.15) is 11.9 Å². The van der Waals surface area contributed by atoms with Crippen LogP contribution in [0.25, 0.3) is 0 Å². The molecule has 3 aliphatic rings. The van der Waals surface area contributed by atoms with E-state index in [0.29, 0.717) is 29.0 Å². The van der Waals surface area contributed by atoms with Crippen LogP contribution in [0.1, 0.15) is 36.9 Å². The van der Waals surface area contributed by atoms with Gasteiger partial charge < -0.3 is 14.7 Å². The molecule has 1 N–H and O–H groups in total. The summed E-state index contributed by atoms with van der Waals surface area (Å²) in [6.45, 7) is 2.26. The highest BCUT2D eigenvalue weighted by Gasteiger charge is 2.53. The Morgan fingerprint density at radius 2 is 1.91 bits per heavy atom. The summed E-state index contributed by atoms with van der Waals surface area (Å²) < 4.78 is 6.21. The Kier molecular flexibility index (Phi) is 5.42. The van der Waals surface area contributed by atoms with Gasteiger partial charge in [0, 0.05) is 16.9 Å². The lowest BCUT2D eigenvalue weighted by Gasteiger charge is -2.40. The number of Topliss-reactive ketones (excluding diaryl/α,β-unsaturated/α-hetero) is 1. The number of carbonyl (C=O) groups excluding carboxylic acids is 2. The van der Waals surface area contributed by atoms with Gasteiger partial charge in [-0.2, -0.15) is 0 Å². The molecule has 5 rings (SSSR count). The third-order valence-electron chi connectivity index (χ3n) is 6.79. The highest BCUT2D eigenvalue weighted by Crippen LogP contribution is 2.49. The number of aromatic hydroxyl groups is 1. The van der Waals surface area contributed by atoms with Crippen molar-refractivity contribution in [1.82, 2.24) is 4.90 Å². The Morgan fingerprint density at radius 1 is 1.12 bits per heavy atom. The number of benzene rings is 2. The summed E-state index contributed by atoms with van der Waals surface area (Å²) in [5.74, 6) is -0.406. The molecule has 1 aliphatic carbocycles. The van der Waals surface area contributed by atoms with Gasteiger partial charge in [0.25, 0.3) is 5.91 Å². The van der Waals surface area contributed by atoms with Crippen molar-refractivity contribution in [2.45, 2.75) is 43.8 Å². The van der Waals surface area contributed by atoms with Crippen molar-refractivity contribution in [3.63, 3.8) is 0 Å². The number of hydrogen-bond acceptors (Lipinski definition) is 4. The molecular weight excluding hydrogens is 449 g/mol. The summed E-state index contributed by atoms with van der Waals surface area (Å²) in [4.78, 5) is 28.9. The van der Waals surface area contributed by atoms with Gasteiger partial charge in [-0.3, -0.25) is 9.59 Å². The largest absolute Gasteiger partial charge is 0.508 e. The van der Waals surface area contributed by atoms with E-state index in [1.54, 1.807) is 35.2 Å². The Labute approximate surface area is 196 Å². The van der Waals surface area contributed by atoms with E-state index < -0.39 is 6.04 Å². The molecule has 2 aromatic rings. The van der Waals surface area contributed by atoms with Crippen molar-refractivity contribution in [3.8, 4) is 5.75 Å². The highest BCUT2D eigenvalue weighted by atomic mass is 35.5. The number of rotatable bonds is 3. The molecule has 2 heterocycles. The zero-order valence-corrected chi connectivity index (χ0v) is 19.0. The molecule has 1 saturated carbocycles. The average Bonchev–Trinajstić information content (AvgIpc) is 3.03. The first-order valence-electron chi connectivity index (χ1n) is 10.8. The molecule has 1 amide bonds. The fourth-order valence-electron chi connectivity index (χ4n) is 5.08. The van der Waals surface area contributed by atoms with Crippen LogP contribution in [0.2, 0.25) is 5.02 Å². The minimum absolute atomic E-state index is 0.0658. The van der Waals surface area contributed by atoms with Crippen LogP contribution in [0.15, 0.2) is 59.9 Å². The molecule has 166 valence electrons. The number of hydrogen-bond donors (Lipinski definition) is 1. The van der Waals surface area contributed by atoms with Gasteiger partial charge in [0.05, 0.1) is 17.5 Å². The molecule has 32 heavy (non-hydrogen) atoms. The van der Waals surface area contributed by atoms with Crippen molar-refractivity contribution in [2.75, 3.05) is 0 Å². The van der Waals surface area contributed by atoms with Crippen LogP contribution in [-0.2, 0) is 20.9 Å². The lowest BCUT2D eigenvalue weighted by atomic mass is 9.74. The lowest BCUT2D eigenvalue weighted by molar-refractivity contribution is -0.136. The maximum absolute atomic E-state index is 13.7. The Balaban J connectivity index is 1.59. The van der Waals surface area contributed by atoms with Crippen molar-refractivity contribution in [2.24, 2.45) is 11.8 Å². The summed E-state index contributed by atoms with van der Waals surface area (Å²) in [5, 5.41) is 10.5. The molecule has 0 saturated heterocycles. The number of amides is 1. The summed E-state index contributed by atoms with van der Waals surface area (Å²) in [7, 11) is 0. The predicted molar refractivity (Wildman–Crippen MR) is 121 cm³/mol. The molecule has 0 spiro atoms. The van der Waals surface area contributed by atoms with Gasteiger partial charge in [0.15, 0.2) is 11.5 Å². The fraction of sp³-hybridized carbons (Fsp3) is 0.360. The van der Waals surface area contributed by atoms with Crippen LogP contribution in [0.4, 0.5) is 0 Å². The van der Waals surface area contributed by atoms with Crippen LogP contribution >= 0.6 is 23.2 Å². The highest BCUT2D eigenvalue weighted by molar-refractivity contribution is 6.31. The molecule has 5 unspecified atom stereocenters. The second-order valence-corrected chi connectivity index (χ2v) is 9.82. The predicted octanol–water partition coefficient (Wildman–Crippen LogP) is 5.00. The van der Waals surface area contributed by atoms with E-state index in [1.807, 2.05) is 25.1 Å². The summed E-state index contributed by atoms with van der Waals surface area (Å²) >= 11 is 12.9. The zero-order valence-electron chi connectivity index (χ0n) is 17.5. The molecule has 2 aromatic carbocycles. The number of phenols is 1. The summed E-state index contributed by atoms with van der Waals surface area (Å²) in [6, 6.07) is 13.3. The zero-order chi connectivity index (χ0) is 22.6. The SMILES string of the molecule is CC1CC2OC3=C(C(=O)C2CC1Cl)C(c1cccc(O)c1)N(Cc1ccccc1Cl)C3=O. The van der Waals surface area contributed by atoms with Crippen molar-refractivity contribution < 1.29 is 19.4 Å². The van der Waals surface area contributed by atoms with Crippen LogP contribution < -0.4 is 0 Å². The summed E-state index contributed by atoms with van der Waals surface area (Å²) in [6.07, 6.45) is 0.810. The average molecular weight is 472 g/mol. The normalized spacial score (nSPS) is 29.6. The quantitative estimate of drug-likeness (QED) is 0.639. The maximum Gasteiger partial charge on any atom is 0.290 e. The van der Waals surface area contributed by atoms with E-state index in [2.05, 4.69) is 0 Å². The summed E-state index contributed by atoms with van der Waals surface area (Å²) in [5.41, 5.74) is 1.77. The minimum atomic E-state index is -0.664. The number of halogens is 2. The van der Waals surface area contributed by atoms with E-state index >= 15 is 0 Å². The van der Waals surface area contributed by atoms with Gasteiger partial charge in [0.2, 0.25) is 0 Å². The Bertz CT molecular complexity index is 1130. The number of alkyl halides is 1. The van der Waals surface area contributed by atoms with E-state index in [1.165, 1.54) is 0 Å². The van der Waals surface area contributed by atoms with E-state index in [0.717, 1.165) is 5.56 Å². The van der Waals surface area contributed by atoms with Crippen LogP contribution in [0.5, 0.6) is 5.75 Å². The topological polar surface area (TPSA) is 66.8 Å². The molecule has 0 aromatic heterocycles. The van der Waals surface area contributed by atoms with Gasteiger partial charge in [-0.1, -0.05) is 48.9 Å². The Morgan fingerprint density at radius 3 is 2.66 bits per heavy atom. The number of carbonyl (C=O) groups is 2. The van der Waals surface area contributed by atoms with Crippen molar-refractivity contribution in [1.29, 1.82) is 0 Å². The smallest absolute Gasteiger partial charge is 0.290 e. The van der Waals surface area contributed by atoms with Gasteiger partial charge in [-0.15, -0.1) is 11.6 Å². The molecule has 5 nitrogen and oxygen atoms in total. The molecule has 5 atom stereocenters. The second-order valence-electron chi connectivity index (χ2n) is 8.86. The molecular formula is C25H23Cl2NO4. The van der Waals surface area contributed by atoms with Crippen molar-refractivity contribution in [3.05, 3.63) is 76.0 Å². The first-order chi connectivity index (χ1) is 15.3. The first-order valence-corrected chi connectivity index (χ1v) is 11.6. The third kappa shape index (κ3) is 3.48.